The molecule has 2 N–H and O–H groups in total. The van der Waals surface area contributed by atoms with E-state index in [1.165, 1.54) is 10.9 Å². The molecule has 8 heteroatoms. The van der Waals surface area contributed by atoms with Crippen LogP contribution in [0.15, 0.2) is 6.33 Å². The van der Waals surface area contributed by atoms with Crippen LogP contribution in [0.25, 0.3) is 0 Å². The third-order valence-electron chi connectivity index (χ3n) is 2.62. The third-order valence-corrected chi connectivity index (χ3v) is 2.62. The van der Waals surface area contributed by atoms with Crippen molar-refractivity contribution in [2.45, 2.75) is 12.2 Å². The zero-order valence-corrected chi connectivity index (χ0v) is 8.65. The van der Waals surface area contributed by atoms with Crippen LogP contribution in [0.2, 0.25) is 0 Å². The normalized spacial score (nSPS) is 25.1. The van der Waals surface area contributed by atoms with Gasteiger partial charge in [-0.05, 0) is 9.91 Å². The fourth-order valence-corrected chi connectivity index (χ4v) is 1.85. The van der Waals surface area contributed by atoms with E-state index in [4.69, 9.17) is 0 Å². The summed E-state index contributed by atoms with van der Waals surface area (Å²) >= 11 is 0. The lowest BCUT2D eigenvalue weighted by atomic mass is 10.3. The highest BCUT2D eigenvalue weighted by Gasteiger charge is 2.35. The molecule has 0 spiro atoms. The lowest BCUT2D eigenvalue weighted by Gasteiger charge is -2.16. The van der Waals surface area contributed by atoms with Gasteiger partial charge in [0.1, 0.15) is 0 Å². The van der Waals surface area contributed by atoms with Gasteiger partial charge in [-0.3, -0.25) is 4.57 Å². The van der Waals surface area contributed by atoms with E-state index in [0.29, 0.717) is 5.82 Å². The third kappa shape index (κ3) is 1.61. The minimum atomic E-state index is -0.880. The van der Waals surface area contributed by atoms with E-state index in [-0.39, 0.29) is 18.9 Å². The van der Waals surface area contributed by atoms with Crippen molar-refractivity contribution in [3.63, 3.8) is 0 Å². The predicted molar refractivity (Wildman–Crippen MR) is 54.1 cm³/mol. The maximum absolute atomic E-state index is 10.7. The van der Waals surface area contributed by atoms with Gasteiger partial charge in [-0.2, -0.15) is 0 Å². The second-order valence-corrected chi connectivity index (χ2v) is 3.80. The van der Waals surface area contributed by atoms with Crippen LogP contribution in [-0.4, -0.2) is 50.0 Å². The van der Waals surface area contributed by atoms with Crippen molar-refractivity contribution in [3.05, 3.63) is 16.4 Å². The molecule has 0 saturated carbocycles. The fourth-order valence-electron chi connectivity index (χ4n) is 1.85. The molecule has 0 aromatic carbocycles. The molecule has 2 atom stereocenters. The van der Waals surface area contributed by atoms with Crippen LogP contribution in [-0.2, 0) is 7.05 Å². The molecule has 0 radical (unpaired) electrons. The molecule has 2 heterocycles. The van der Waals surface area contributed by atoms with Gasteiger partial charge in [0.25, 0.3) is 0 Å². The molecule has 1 fully saturated rings. The van der Waals surface area contributed by atoms with Gasteiger partial charge in [-0.25, -0.2) is 0 Å². The number of rotatable bonds is 2. The SMILES string of the molecule is Cn1cnc([N+](=O)[O-])c1N1CC(O)C(O)C1. The molecule has 2 rings (SSSR count). The van der Waals surface area contributed by atoms with E-state index in [0.717, 1.165) is 0 Å². The van der Waals surface area contributed by atoms with E-state index < -0.39 is 17.1 Å². The van der Waals surface area contributed by atoms with Crippen molar-refractivity contribution in [3.8, 4) is 0 Å². The Morgan fingerprint density at radius 1 is 1.50 bits per heavy atom. The van der Waals surface area contributed by atoms with Crippen LogP contribution in [0.5, 0.6) is 0 Å². The van der Waals surface area contributed by atoms with Gasteiger partial charge in [0.05, 0.1) is 12.2 Å². The number of aryl methyl sites for hydroxylation is 1. The van der Waals surface area contributed by atoms with Gasteiger partial charge >= 0.3 is 5.82 Å². The van der Waals surface area contributed by atoms with Crippen LogP contribution >= 0.6 is 0 Å². The van der Waals surface area contributed by atoms with Gasteiger partial charge in [0.15, 0.2) is 0 Å². The van der Waals surface area contributed by atoms with Gasteiger partial charge < -0.3 is 25.2 Å². The number of imidazole rings is 1. The summed E-state index contributed by atoms with van der Waals surface area (Å²) < 4.78 is 1.50. The summed E-state index contributed by atoms with van der Waals surface area (Å²) in [5.41, 5.74) is 0. The van der Waals surface area contributed by atoms with Gasteiger partial charge in [0.2, 0.25) is 12.1 Å². The molecule has 1 saturated heterocycles. The standard InChI is InChI=1S/C8H12N4O4/c1-10-4-9-7(12(15)16)8(10)11-2-5(13)6(14)3-11/h4-6,13-14H,2-3H2,1H3. The van der Waals surface area contributed by atoms with Crippen molar-refractivity contribution in [2.75, 3.05) is 18.0 Å². The summed E-state index contributed by atoms with van der Waals surface area (Å²) in [6.45, 7) is 0.336. The fraction of sp³-hybridized carbons (Fsp3) is 0.625. The van der Waals surface area contributed by atoms with Gasteiger partial charge in [-0.15, -0.1) is 0 Å². The van der Waals surface area contributed by atoms with Crippen LogP contribution < -0.4 is 4.90 Å². The number of aromatic nitrogens is 2. The Bertz CT molecular complexity index is 408. The topological polar surface area (TPSA) is 105 Å². The first-order chi connectivity index (χ1) is 7.50. The van der Waals surface area contributed by atoms with Crippen LogP contribution in [0.1, 0.15) is 0 Å². The molecule has 1 aromatic heterocycles. The number of β-amino-alcohol motifs (C(OH)–C–C–N with tert-alkyl or cyclic N) is 2. The maximum atomic E-state index is 10.7. The van der Waals surface area contributed by atoms with Crippen LogP contribution in [0, 0.1) is 10.1 Å². The molecule has 0 amide bonds. The maximum Gasteiger partial charge on any atom is 0.406 e. The number of hydrogen-bond donors (Lipinski definition) is 2. The highest BCUT2D eigenvalue weighted by Crippen LogP contribution is 2.28. The zero-order valence-electron chi connectivity index (χ0n) is 8.65. The lowest BCUT2D eigenvalue weighted by Crippen LogP contribution is -2.24. The minimum absolute atomic E-state index is 0.168. The summed E-state index contributed by atoms with van der Waals surface area (Å²) in [5.74, 6) is 0.0457. The number of hydrogen-bond acceptors (Lipinski definition) is 6. The largest absolute Gasteiger partial charge is 0.406 e. The monoisotopic (exact) mass is 228 g/mol. The molecule has 1 aliphatic heterocycles. The van der Waals surface area contributed by atoms with E-state index >= 15 is 0 Å². The zero-order chi connectivity index (χ0) is 11.9. The van der Waals surface area contributed by atoms with E-state index in [1.54, 1.807) is 11.9 Å². The summed E-state index contributed by atoms with van der Waals surface area (Å²) in [7, 11) is 1.63. The highest BCUT2D eigenvalue weighted by atomic mass is 16.6. The second-order valence-electron chi connectivity index (χ2n) is 3.80. The lowest BCUT2D eigenvalue weighted by molar-refractivity contribution is -0.388. The number of anilines is 1. The van der Waals surface area contributed by atoms with Crippen LogP contribution in [0.3, 0.4) is 0 Å². The summed E-state index contributed by atoms with van der Waals surface area (Å²) in [6, 6.07) is 0. The number of nitrogens with zero attached hydrogens (tertiary/aromatic N) is 4. The van der Waals surface area contributed by atoms with Gasteiger partial charge in [0, 0.05) is 20.1 Å². The van der Waals surface area contributed by atoms with Gasteiger partial charge in [-0.1, -0.05) is 0 Å². The second kappa shape index (κ2) is 3.72. The van der Waals surface area contributed by atoms with Crippen molar-refractivity contribution >= 4 is 11.6 Å². The van der Waals surface area contributed by atoms with Crippen LogP contribution in [0.4, 0.5) is 11.6 Å². The van der Waals surface area contributed by atoms with Crippen molar-refractivity contribution in [1.82, 2.24) is 9.55 Å². The number of aliphatic hydroxyl groups excluding tert-OH is 2. The number of aliphatic hydroxyl groups is 2. The molecule has 8 nitrogen and oxygen atoms in total. The molecular weight excluding hydrogens is 216 g/mol. The smallest absolute Gasteiger partial charge is 0.389 e. The first-order valence-electron chi connectivity index (χ1n) is 4.77. The Morgan fingerprint density at radius 3 is 2.56 bits per heavy atom. The van der Waals surface area contributed by atoms with E-state index in [2.05, 4.69) is 4.98 Å². The van der Waals surface area contributed by atoms with E-state index in [9.17, 15) is 20.3 Å². The molecule has 1 aromatic rings. The molecule has 2 unspecified atom stereocenters. The van der Waals surface area contributed by atoms with Crippen molar-refractivity contribution < 1.29 is 15.1 Å². The molecular formula is C8H12N4O4. The Kier molecular flexibility index (Phi) is 2.52. The summed E-state index contributed by atoms with van der Waals surface area (Å²) in [6.07, 6.45) is -0.422. The summed E-state index contributed by atoms with van der Waals surface area (Å²) in [5, 5.41) is 29.5. The molecule has 16 heavy (non-hydrogen) atoms. The Balaban J connectivity index is 2.33. The first kappa shape index (κ1) is 10.8. The van der Waals surface area contributed by atoms with E-state index in [1.807, 2.05) is 0 Å². The molecule has 0 aliphatic carbocycles. The average Bonchev–Trinajstić information content (AvgIpc) is 2.71. The number of nitro groups is 1. The Hall–Kier alpha value is -1.67. The minimum Gasteiger partial charge on any atom is -0.389 e. The molecule has 88 valence electrons. The molecule has 1 aliphatic rings. The predicted octanol–water partition coefficient (Wildman–Crippen LogP) is -1.13. The van der Waals surface area contributed by atoms with Crippen molar-refractivity contribution in [2.24, 2.45) is 7.05 Å². The average molecular weight is 228 g/mol. The summed E-state index contributed by atoms with van der Waals surface area (Å²) in [4.78, 5) is 15.4. The Labute approximate surface area is 90.9 Å². The van der Waals surface area contributed by atoms with Crippen molar-refractivity contribution in [1.29, 1.82) is 0 Å². The first-order valence-corrected chi connectivity index (χ1v) is 4.77. The Morgan fingerprint density at radius 2 is 2.06 bits per heavy atom. The molecule has 0 bridgehead atoms. The quantitative estimate of drug-likeness (QED) is 0.490. The highest BCUT2D eigenvalue weighted by molar-refractivity contribution is 5.55.